The predicted molar refractivity (Wildman–Crippen MR) is 73.8 cm³/mol. The number of piperidine rings is 1. The van der Waals surface area contributed by atoms with Crippen LogP contribution in [0.2, 0.25) is 0 Å². The SMILES string of the molecule is CC(c1cccs1)N1CC(=O)N2CCCCC2C1=O. The van der Waals surface area contributed by atoms with E-state index in [4.69, 9.17) is 0 Å². The first-order chi connectivity index (χ1) is 9.18. The summed E-state index contributed by atoms with van der Waals surface area (Å²) in [5.74, 6) is 0.230. The number of fused-ring (bicyclic) bond motifs is 1. The summed E-state index contributed by atoms with van der Waals surface area (Å²) in [6.45, 7) is 2.99. The quantitative estimate of drug-likeness (QED) is 0.830. The molecule has 4 nitrogen and oxygen atoms in total. The van der Waals surface area contributed by atoms with Gasteiger partial charge in [0.25, 0.3) is 0 Å². The first kappa shape index (κ1) is 12.7. The number of carbonyl (C=O) groups excluding carboxylic acids is 2. The van der Waals surface area contributed by atoms with Crippen LogP contribution >= 0.6 is 11.3 Å². The number of amides is 2. The van der Waals surface area contributed by atoms with E-state index >= 15 is 0 Å². The van der Waals surface area contributed by atoms with Crippen molar-refractivity contribution >= 4 is 23.2 Å². The average Bonchev–Trinajstić information content (AvgIpc) is 2.96. The van der Waals surface area contributed by atoms with Crippen molar-refractivity contribution in [2.75, 3.05) is 13.1 Å². The standard InChI is InChI=1S/C14H18N2O2S/c1-10(12-6-4-8-19-12)16-9-13(17)15-7-3-2-5-11(15)14(16)18/h4,6,8,10-11H,2-3,5,7,9H2,1H3. The molecule has 0 aromatic carbocycles. The summed E-state index contributed by atoms with van der Waals surface area (Å²) in [5.41, 5.74) is 0. The highest BCUT2D eigenvalue weighted by Gasteiger charge is 2.42. The molecule has 2 amide bonds. The number of thiophene rings is 1. The van der Waals surface area contributed by atoms with Crippen molar-refractivity contribution in [3.8, 4) is 0 Å². The molecule has 0 N–H and O–H groups in total. The maximum absolute atomic E-state index is 12.6. The Balaban J connectivity index is 1.83. The van der Waals surface area contributed by atoms with Crippen molar-refractivity contribution in [3.63, 3.8) is 0 Å². The highest BCUT2D eigenvalue weighted by Crippen LogP contribution is 2.30. The fraction of sp³-hybridized carbons (Fsp3) is 0.571. The third-order valence-corrected chi connectivity index (χ3v) is 5.16. The minimum Gasteiger partial charge on any atom is -0.329 e. The molecule has 0 aliphatic carbocycles. The molecule has 1 aromatic rings. The Bertz CT molecular complexity index is 486. The van der Waals surface area contributed by atoms with Crippen LogP contribution in [0.25, 0.3) is 0 Å². The van der Waals surface area contributed by atoms with Gasteiger partial charge >= 0.3 is 0 Å². The molecule has 0 saturated carbocycles. The highest BCUT2D eigenvalue weighted by atomic mass is 32.1. The van der Waals surface area contributed by atoms with Crippen LogP contribution in [0.15, 0.2) is 17.5 Å². The molecule has 2 aliphatic heterocycles. The molecule has 3 rings (SSSR count). The van der Waals surface area contributed by atoms with Gasteiger partial charge in [0.15, 0.2) is 0 Å². The Morgan fingerprint density at radius 3 is 2.95 bits per heavy atom. The van der Waals surface area contributed by atoms with Gasteiger partial charge in [-0.05, 0) is 37.6 Å². The smallest absolute Gasteiger partial charge is 0.246 e. The van der Waals surface area contributed by atoms with Crippen molar-refractivity contribution < 1.29 is 9.59 Å². The normalized spacial score (nSPS) is 25.4. The maximum atomic E-state index is 12.6. The van der Waals surface area contributed by atoms with E-state index in [9.17, 15) is 9.59 Å². The number of piperazine rings is 1. The Morgan fingerprint density at radius 2 is 2.21 bits per heavy atom. The number of rotatable bonds is 2. The fourth-order valence-corrected chi connectivity index (χ4v) is 3.80. The lowest BCUT2D eigenvalue weighted by molar-refractivity contribution is -0.159. The van der Waals surface area contributed by atoms with Crippen molar-refractivity contribution in [3.05, 3.63) is 22.4 Å². The van der Waals surface area contributed by atoms with Crippen LogP contribution in [0.3, 0.4) is 0 Å². The van der Waals surface area contributed by atoms with E-state index in [1.165, 1.54) is 0 Å². The first-order valence-corrected chi connectivity index (χ1v) is 7.70. The van der Waals surface area contributed by atoms with Gasteiger partial charge in [-0.1, -0.05) is 6.07 Å². The Kier molecular flexibility index (Phi) is 3.31. The van der Waals surface area contributed by atoms with Gasteiger partial charge in [0, 0.05) is 11.4 Å². The van der Waals surface area contributed by atoms with E-state index in [1.807, 2.05) is 24.4 Å². The van der Waals surface area contributed by atoms with Crippen LogP contribution in [0.1, 0.15) is 37.1 Å². The van der Waals surface area contributed by atoms with E-state index in [0.717, 1.165) is 30.7 Å². The Labute approximate surface area is 117 Å². The molecule has 102 valence electrons. The van der Waals surface area contributed by atoms with E-state index in [0.29, 0.717) is 0 Å². The van der Waals surface area contributed by atoms with E-state index in [1.54, 1.807) is 21.1 Å². The van der Waals surface area contributed by atoms with Gasteiger partial charge in [-0.15, -0.1) is 11.3 Å². The molecule has 2 fully saturated rings. The van der Waals surface area contributed by atoms with Crippen LogP contribution < -0.4 is 0 Å². The monoisotopic (exact) mass is 278 g/mol. The molecule has 2 aliphatic rings. The topological polar surface area (TPSA) is 40.6 Å². The number of hydrogen-bond acceptors (Lipinski definition) is 3. The van der Waals surface area contributed by atoms with Crippen LogP contribution in [0.4, 0.5) is 0 Å². The molecule has 0 spiro atoms. The fourth-order valence-electron chi connectivity index (χ4n) is 3.00. The summed E-state index contributed by atoms with van der Waals surface area (Å²) in [5, 5.41) is 2.01. The summed E-state index contributed by atoms with van der Waals surface area (Å²) in [4.78, 5) is 29.4. The molecule has 3 heterocycles. The van der Waals surface area contributed by atoms with Gasteiger partial charge in [-0.25, -0.2) is 0 Å². The Hall–Kier alpha value is -1.36. The van der Waals surface area contributed by atoms with Crippen LogP contribution in [0, 0.1) is 0 Å². The lowest BCUT2D eigenvalue weighted by Crippen LogP contribution is -2.61. The minimum atomic E-state index is -0.211. The summed E-state index contributed by atoms with van der Waals surface area (Å²) in [6, 6.07) is 3.80. The van der Waals surface area contributed by atoms with Gasteiger partial charge < -0.3 is 9.80 Å². The van der Waals surface area contributed by atoms with Crippen LogP contribution in [0.5, 0.6) is 0 Å². The first-order valence-electron chi connectivity index (χ1n) is 6.82. The maximum Gasteiger partial charge on any atom is 0.246 e. The molecular weight excluding hydrogens is 260 g/mol. The van der Waals surface area contributed by atoms with Gasteiger partial charge in [-0.2, -0.15) is 0 Å². The summed E-state index contributed by atoms with van der Waals surface area (Å²) >= 11 is 1.64. The molecule has 5 heteroatoms. The second kappa shape index (κ2) is 4.96. The molecular formula is C14H18N2O2S. The van der Waals surface area contributed by atoms with E-state index < -0.39 is 0 Å². The average molecular weight is 278 g/mol. The molecule has 0 bridgehead atoms. The molecule has 0 radical (unpaired) electrons. The number of hydrogen-bond donors (Lipinski definition) is 0. The molecule has 2 unspecified atom stereocenters. The molecule has 2 saturated heterocycles. The second-order valence-corrected chi connectivity index (χ2v) is 6.24. The van der Waals surface area contributed by atoms with E-state index in [2.05, 4.69) is 0 Å². The van der Waals surface area contributed by atoms with Crippen LogP contribution in [-0.4, -0.2) is 40.7 Å². The van der Waals surface area contributed by atoms with Gasteiger partial charge in [0.05, 0.1) is 6.04 Å². The van der Waals surface area contributed by atoms with Crippen molar-refractivity contribution in [2.45, 2.75) is 38.3 Å². The van der Waals surface area contributed by atoms with Gasteiger partial charge in [0.1, 0.15) is 12.6 Å². The minimum absolute atomic E-state index is 0.000488. The molecule has 1 aromatic heterocycles. The lowest BCUT2D eigenvalue weighted by Gasteiger charge is -2.44. The van der Waals surface area contributed by atoms with Crippen LogP contribution in [-0.2, 0) is 9.59 Å². The van der Waals surface area contributed by atoms with E-state index in [-0.39, 0.29) is 30.4 Å². The third-order valence-electron chi connectivity index (χ3n) is 4.12. The van der Waals surface area contributed by atoms with Crippen molar-refractivity contribution in [2.24, 2.45) is 0 Å². The third kappa shape index (κ3) is 2.16. The second-order valence-electron chi connectivity index (χ2n) is 5.26. The highest BCUT2D eigenvalue weighted by molar-refractivity contribution is 7.10. The zero-order valence-corrected chi connectivity index (χ0v) is 11.9. The lowest BCUT2D eigenvalue weighted by atomic mass is 9.97. The summed E-state index contributed by atoms with van der Waals surface area (Å²) in [7, 11) is 0. The number of carbonyl (C=O) groups is 2. The predicted octanol–water partition coefficient (Wildman–Crippen LogP) is 2.03. The molecule has 2 atom stereocenters. The largest absolute Gasteiger partial charge is 0.329 e. The summed E-state index contributed by atoms with van der Waals surface area (Å²) < 4.78 is 0. The van der Waals surface area contributed by atoms with Crippen molar-refractivity contribution in [1.29, 1.82) is 0 Å². The van der Waals surface area contributed by atoms with Gasteiger partial charge in [-0.3, -0.25) is 9.59 Å². The summed E-state index contributed by atoms with van der Waals surface area (Å²) in [6.07, 6.45) is 2.88. The number of nitrogens with zero attached hydrogens (tertiary/aromatic N) is 2. The Morgan fingerprint density at radius 1 is 1.37 bits per heavy atom. The zero-order valence-electron chi connectivity index (χ0n) is 11.0. The zero-order chi connectivity index (χ0) is 13.4. The van der Waals surface area contributed by atoms with Gasteiger partial charge in [0.2, 0.25) is 11.8 Å². The molecule has 19 heavy (non-hydrogen) atoms. The van der Waals surface area contributed by atoms with Crippen molar-refractivity contribution in [1.82, 2.24) is 9.80 Å².